The third kappa shape index (κ3) is 5.80. The van der Waals surface area contributed by atoms with Crippen molar-refractivity contribution in [1.82, 2.24) is 4.98 Å². The molecule has 184 valence electrons. The summed E-state index contributed by atoms with van der Waals surface area (Å²) < 4.78 is 0. The second-order valence-electron chi connectivity index (χ2n) is 11.4. The maximum atomic E-state index is 10.5. The molecule has 3 aliphatic carbocycles. The van der Waals surface area contributed by atoms with Crippen molar-refractivity contribution in [2.24, 2.45) is 23.2 Å². The van der Waals surface area contributed by atoms with E-state index in [2.05, 4.69) is 31.0 Å². The van der Waals surface area contributed by atoms with E-state index in [1.807, 2.05) is 12.3 Å². The van der Waals surface area contributed by atoms with Crippen LogP contribution in [0.3, 0.4) is 0 Å². The van der Waals surface area contributed by atoms with Gasteiger partial charge in [0.2, 0.25) is 0 Å². The highest BCUT2D eigenvalue weighted by Crippen LogP contribution is 2.60. The molecular weight excluding hydrogens is 430 g/mol. The van der Waals surface area contributed by atoms with Gasteiger partial charge in [0.05, 0.1) is 12.2 Å². The van der Waals surface area contributed by atoms with Gasteiger partial charge in [-0.2, -0.15) is 0 Å². The topological polar surface area (TPSA) is 73.6 Å². The first-order chi connectivity index (χ1) is 15.8. The van der Waals surface area contributed by atoms with E-state index in [4.69, 9.17) is 0 Å². The third-order valence-electron chi connectivity index (χ3n) is 8.86. The molecule has 1 heterocycles. The predicted molar refractivity (Wildman–Crippen MR) is 135 cm³/mol. The van der Waals surface area contributed by atoms with Gasteiger partial charge in [-0.3, -0.25) is 0 Å². The maximum absolute atomic E-state index is 10.5. The number of hydrogen-bond acceptors (Lipinski definition) is 5. The van der Waals surface area contributed by atoms with Crippen LogP contribution in [-0.4, -0.2) is 32.5 Å². The summed E-state index contributed by atoms with van der Waals surface area (Å²) in [6.45, 7) is 6.95. The molecule has 3 N–H and O–H groups in total. The normalized spacial score (nSPS) is 35.5. The fourth-order valence-electron chi connectivity index (χ4n) is 7.23. The molecule has 7 atom stereocenters. The number of aryl methyl sites for hydroxylation is 1. The number of nitrogens with zero attached hydrogens (tertiary/aromatic N) is 1. The van der Waals surface area contributed by atoms with Crippen molar-refractivity contribution >= 4 is 11.3 Å². The zero-order valence-corrected chi connectivity index (χ0v) is 21.5. The van der Waals surface area contributed by atoms with Crippen molar-refractivity contribution in [2.75, 3.05) is 0 Å². The standard InChI is InChI=1S/C28H43NO3S/c1-18(6-4-8-26(32)27-29-19(2)17-33-27)24-11-12-25-21(7-5-13-28(24,25)3)10-9-20-14-22(30)16-23(31)15-20/h9-10,17-18,22-26,30-32H,4-8,11-16H2,1-3H3/b21-10+/t18-,22-,23-,24-,25+,26-,28-/m1/s1. The van der Waals surface area contributed by atoms with Gasteiger partial charge in [-0.05, 0) is 87.9 Å². The Morgan fingerprint density at radius 3 is 2.64 bits per heavy atom. The number of aliphatic hydroxyl groups excluding tert-OH is 3. The summed E-state index contributed by atoms with van der Waals surface area (Å²) in [6.07, 6.45) is 14.7. The Morgan fingerprint density at radius 1 is 1.18 bits per heavy atom. The van der Waals surface area contributed by atoms with Gasteiger partial charge in [0, 0.05) is 11.1 Å². The summed E-state index contributed by atoms with van der Waals surface area (Å²) in [5.74, 6) is 2.08. The number of aromatic nitrogens is 1. The number of thiazole rings is 1. The first kappa shape index (κ1) is 25.1. The molecule has 3 fully saturated rings. The zero-order valence-electron chi connectivity index (χ0n) is 20.7. The molecule has 3 aliphatic rings. The minimum absolute atomic E-state index is 0.374. The second kappa shape index (κ2) is 10.7. The molecule has 0 saturated heterocycles. The van der Waals surface area contributed by atoms with E-state index in [0.29, 0.717) is 36.5 Å². The highest BCUT2D eigenvalue weighted by Gasteiger charge is 2.50. The van der Waals surface area contributed by atoms with E-state index >= 15 is 0 Å². The molecule has 0 unspecified atom stereocenters. The molecule has 0 spiro atoms. The van der Waals surface area contributed by atoms with Crippen LogP contribution in [0.4, 0.5) is 0 Å². The van der Waals surface area contributed by atoms with Crippen LogP contribution in [-0.2, 0) is 0 Å². The molecule has 0 amide bonds. The van der Waals surface area contributed by atoms with Crippen LogP contribution in [0.5, 0.6) is 0 Å². The lowest BCUT2D eigenvalue weighted by atomic mass is 9.60. The quantitative estimate of drug-likeness (QED) is 0.436. The Hall–Kier alpha value is -1.01. The lowest BCUT2D eigenvalue weighted by Gasteiger charge is -2.44. The Labute approximate surface area is 203 Å². The van der Waals surface area contributed by atoms with Gasteiger partial charge in [0.1, 0.15) is 11.1 Å². The van der Waals surface area contributed by atoms with Crippen LogP contribution in [0, 0.1) is 30.1 Å². The van der Waals surface area contributed by atoms with Gasteiger partial charge in [-0.1, -0.05) is 50.0 Å². The fraction of sp³-hybridized carbons (Fsp3) is 0.750. The smallest absolute Gasteiger partial charge is 0.121 e. The van der Waals surface area contributed by atoms with Crippen molar-refractivity contribution in [2.45, 2.75) is 110 Å². The number of rotatable bonds is 7. The predicted octanol–water partition coefficient (Wildman–Crippen LogP) is 6.27. The first-order valence-electron chi connectivity index (χ1n) is 13.1. The zero-order chi connectivity index (χ0) is 23.6. The third-order valence-corrected chi connectivity index (χ3v) is 9.92. The number of allylic oxidation sites excluding steroid dienone is 3. The number of aliphatic hydroxyl groups is 3. The largest absolute Gasteiger partial charge is 0.393 e. The molecule has 4 nitrogen and oxygen atoms in total. The Bertz CT molecular complexity index is 849. The Kier molecular flexibility index (Phi) is 8.15. The molecule has 33 heavy (non-hydrogen) atoms. The summed E-state index contributed by atoms with van der Waals surface area (Å²) in [5.41, 5.74) is 4.16. The average Bonchev–Trinajstić information content (AvgIpc) is 3.34. The Morgan fingerprint density at radius 2 is 1.94 bits per heavy atom. The van der Waals surface area contributed by atoms with E-state index in [-0.39, 0.29) is 0 Å². The van der Waals surface area contributed by atoms with Crippen LogP contribution < -0.4 is 0 Å². The molecule has 0 aromatic carbocycles. The van der Waals surface area contributed by atoms with Crippen LogP contribution in [0.25, 0.3) is 0 Å². The van der Waals surface area contributed by atoms with Gasteiger partial charge in [0.25, 0.3) is 0 Å². The van der Waals surface area contributed by atoms with Crippen molar-refractivity contribution in [3.63, 3.8) is 0 Å². The number of hydrogen-bond donors (Lipinski definition) is 3. The molecule has 1 aromatic heterocycles. The highest BCUT2D eigenvalue weighted by molar-refractivity contribution is 7.09. The average molecular weight is 474 g/mol. The van der Waals surface area contributed by atoms with E-state index in [1.54, 1.807) is 16.9 Å². The molecule has 3 saturated carbocycles. The molecule has 5 heteroatoms. The highest BCUT2D eigenvalue weighted by atomic mass is 32.1. The van der Waals surface area contributed by atoms with Gasteiger partial charge in [-0.15, -0.1) is 11.3 Å². The summed E-state index contributed by atoms with van der Waals surface area (Å²) in [4.78, 5) is 4.45. The van der Waals surface area contributed by atoms with Gasteiger partial charge >= 0.3 is 0 Å². The van der Waals surface area contributed by atoms with Crippen LogP contribution in [0.2, 0.25) is 0 Å². The van der Waals surface area contributed by atoms with Crippen molar-refractivity contribution in [3.05, 3.63) is 39.4 Å². The van der Waals surface area contributed by atoms with Crippen molar-refractivity contribution in [1.29, 1.82) is 0 Å². The second-order valence-corrected chi connectivity index (χ2v) is 12.3. The molecule has 1 aromatic rings. The van der Waals surface area contributed by atoms with E-state index in [0.717, 1.165) is 29.5 Å². The molecule has 4 rings (SSSR count). The lowest BCUT2D eigenvalue weighted by Crippen LogP contribution is -2.36. The minimum atomic E-state index is -0.420. The molecule has 0 radical (unpaired) electrons. The van der Waals surface area contributed by atoms with Crippen LogP contribution >= 0.6 is 11.3 Å². The SMILES string of the molecule is Cc1csc([C@H](O)CCC[C@@H](C)[C@H]2CC[C@H]3/C(=C/C=C4C[C@@H](O)C[C@H](O)C4)CCC[C@]23C)n1. The number of fused-ring (bicyclic) bond motifs is 1. The van der Waals surface area contributed by atoms with Gasteiger partial charge in [0.15, 0.2) is 0 Å². The van der Waals surface area contributed by atoms with Crippen molar-refractivity contribution < 1.29 is 15.3 Å². The molecular formula is C28H43NO3S. The minimum Gasteiger partial charge on any atom is -0.393 e. The van der Waals surface area contributed by atoms with Crippen molar-refractivity contribution in [3.8, 4) is 0 Å². The van der Waals surface area contributed by atoms with Gasteiger partial charge < -0.3 is 15.3 Å². The first-order valence-corrected chi connectivity index (χ1v) is 14.0. The summed E-state index contributed by atoms with van der Waals surface area (Å²) >= 11 is 1.57. The van der Waals surface area contributed by atoms with Gasteiger partial charge in [-0.25, -0.2) is 4.98 Å². The lowest BCUT2D eigenvalue weighted by molar-refractivity contribution is 0.0609. The monoisotopic (exact) mass is 473 g/mol. The summed E-state index contributed by atoms with van der Waals surface area (Å²) in [7, 11) is 0. The fourth-order valence-corrected chi connectivity index (χ4v) is 8.04. The van der Waals surface area contributed by atoms with Crippen LogP contribution in [0.1, 0.15) is 101 Å². The summed E-state index contributed by atoms with van der Waals surface area (Å²) in [6, 6.07) is 0. The Balaban J connectivity index is 1.35. The van der Waals surface area contributed by atoms with E-state index < -0.39 is 18.3 Å². The van der Waals surface area contributed by atoms with E-state index in [9.17, 15) is 15.3 Å². The molecule has 0 aliphatic heterocycles. The summed E-state index contributed by atoms with van der Waals surface area (Å²) in [5, 5.41) is 33.4. The van der Waals surface area contributed by atoms with E-state index in [1.165, 1.54) is 44.1 Å². The molecule has 0 bridgehead atoms. The maximum Gasteiger partial charge on any atom is 0.121 e. The van der Waals surface area contributed by atoms with Crippen LogP contribution in [0.15, 0.2) is 28.7 Å².